The molecule has 6 nitrogen and oxygen atoms in total. The second kappa shape index (κ2) is 6.11. The largest absolute Gasteiger partial charge is 0.496 e. The van der Waals surface area contributed by atoms with Gasteiger partial charge < -0.3 is 9.84 Å². The van der Waals surface area contributed by atoms with Gasteiger partial charge in [0.1, 0.15) is 5.75 Å². The molecule has 0 saturated carbocycles. The fourth-order valence-corrected chi connectivity index (χ4v) is 2.99. The monoisotopic (exact) mass is 308 g/mol. The van der Waals surface area contributed by atoms with Crippen LogP contribution >= 0.6 is 0 Å². The lowest BCUT2D eigenvalue weighted by molar-refractivity contribution is 0.273. The van der Waals surface area contributed by atoms with Crippen molar-refractivity contribution in [2.45, 2.75) is 18.4 Å². The van der Waals surface area contributed by atoms with E-state index in [1.807, 2.05) is 0 Å². The third kappa shape index (κ3) is 3.32. The number of aromatic nitrogens is 1. The van der Waals surface area contributed by atoms with E-state index in [4.69, 9.17) is 4.74 Å². The molecule has 0 unspecified atom stereocenters. The van der Waals surface area contributed by atoms with Gasteiger partial charge in [-0.15, -0.1) is 0 Å². The first-order valence-corrected chi connectivity index (χ1v) is 7.67. The van der Waals surface area contributed by atoms with E-state index in [1.165, 1.54) is 31.5 Å². The Hall–Kier alpha value is -2.12. The van der Waals surface area contributed by atoms with Gasteiger partial charge in [-0.05, 0) is 36.8 Å². The quantitative estimate of drug-likeness (QED) is 0.877. The Bertz CT molecular complexity index is 744. The molecule has 7 heteroatoms. The number of nitrogens with zero attached hydrogens (tertiary/aromatic N) is 1. The minimum absolute atomic E-state index is 0.0515. The topological polar surface area (TPSA) is 88.5 Å². The number of methoxy groups -OCH3 is 1. The number of aliphatic hydroxyl groups excluding tert-OH is 1. The van der Waals surface area contributed by atoms with Crippen LogP contribution in [0.3, 0.4) is 0 Å². The summed E-state index contributed by atoms with van der Waals surface area (Å²) in [4.78, 5) is 3.95. The Morgan fingerprint density at radius 3 is 2.71 bits per heavy atom. The maximum absolute atomic E-state index is 12.4. The standard InChI is InChI=1S/C14H16N2O4S/c1-10-5-6-15-8-13(10)16-21(18,19)12-3-4-14(20-2)11(7-12)9-17/h3-8,16-17H,9H2,1-2H3. The Kier molecular flexibility index (Phi) is 4.44. The molecule has 1 heterocycles. The van der Waals surface area contributed by atoms with Gasteiger partial charge in [0.15, 0.2) is 0 Å². The van der Waals surface area contributed by atoms with Crippen molar-refractivity contribution < 1.29 is 18.3 Å². The molecule has 1 aromatic heterocycles. The van der Waals surface area contributed by atoms with Crippen LogP contribution in [0.15, 0.2) is 41.6 Å². The van der Waals surface area contributed by atoms with Gasteiger partial charge in [-0.3, -0.25) is 9.71 Å². The molecule has 0 bridgehead atoms. The number of aliphatic hydroxyl groups is 1. The van der Waals surface area contributed by atoms with Gasteiger partial charge in [-0.25, -0.2) is 8.42 Å². The van der Waals surface area contributed by atoms with Gasteiger partial charge in [0, 0.05) is 11.8 Å². The molecule has 1 aromatic carbocycles. The maximum Gasteiger partial charge on any atom is 0.261 e. The molecule has 2 aromatic rings. The minimum Gasteiger partial charge on any atom is -0.496 e. The molecular weight excluding hydrogens is 292 g/mol. The third-order valence-corrected chi connectivity index (χ3v) is 4.38. The van der Waals surface area contributed by atoms with Crippen molar-refractivity contribution in [3.63, 3.8) is 0 Å². The van der Waals surface area contributed by atoms with Gasteiger partial charge >= 0.3 is 0 Å². The molecule has 0 fully saturated rings. The normalized spacial score (nSPS) is 11.2. The lowest BCUT2D eigenvalue weighted by atomic mass is 10.2. The van der Waals surface area contributed by atoms with Crippen LogP contribution in [0, 0.1) is 6.92 Å². The average molecular weight is 308 g/mol. The van der Waals surface area contributed by atoms with Gasteiger partial charge in [-0.2, -0.15) is 0 Å². The highest BCUT2D eigenvalue weighted by Crippen LogP contribution is 2.24. The van der Waals surface area contributed by atoms with Crippen LogP contribution in [-0.2, 0) is 16.6 Å². The van der Waals surface area contributed by atoms with Crippen LogP contribution in [0.25, 0.3) is 0 Å². The fourth-order valence-electron chi connectivity index (χ4n) is 1.82. The van der Waals surface area contributed by atoms with Crippen molar-refractivity contribution in [2.24, 2.45) is 0 Å². The van der Waals surface area contributed by atoms with Gasteiger partial charge in [0.25, 0.3) is 10.0 Å². The molecule has 0 aliphatic carbocycles. The average Bonchev–Trinajstić information content (AvgIpc) is 2.48. The molecular formula is C14H16N2O4S. The number of anilines is 1. The molecule has 0 aliphatic rings. The van der Waals surface area contributed by atoms with Crippen LogP contribution < -0.4 is 9.46 Å². The number of rotatable bonds is 5. The summed E-state index contributed by atoms with van der Waals surface area (Å²) in [5.41, 5.74) is 1.59. The first kappa shape index (κ1) is 15.3. The Balaban J connectivity index is 2.38. The summed E-state index contributed by atoms with van der Waals surface area (Å²) in [6.07, 6.45) is 3.04. The van der Waals surface area contributed by atoms with Crippen molar-refractivity contribution in [2.75, 3.05) is 11.8 Å². The Morgan fingerprint density at radius 1 is 1.33 bits per heavy atom. The fraction of sp³-hybridized carbons (Fsp3) is 0.214. The molecule has 0 saturated heterocycles. The highest BCUT2D eigenvalue weighted by atomic mass is 32.2. The van der Waals surface area contributed by atoms with E-state index in [9.17, 15) is 13.5 Å². The van der Waals surface area contributed by atoms with Crippen molar-refractivity contribution in [1.29, 1.82) is 0 Å². The molecule has 0 spiro atoms. The van der Waals surface area contributed by atoms with E-state index in [1.54, 1.807) is 19.2 Å². The number of hydrogen-bond donors (Lipinski definition) is 2. The van der Waals surface area contributed by atoms with E-state index in [-0.39, 0.29) is 11.5 Å². The molecule has 0 amide bonds. The van der Waals surface area contributed by atoms with E-state index >= 15 is 0 Å². The number of nitrogens with one attached hydrogen (secondary N) is 1. The summed E-state index contributed by atoms with van der Waals surface area (Å²) in [5.74, 6) is 0.439. The summed E-state index contributed by atoms with van der Waals surface area (Å²) in [5, 5.41) is 9.27. The molecule has 0 aliphatic heterocycles. The summed E-state index contributed by atoms with van der Waals surface area (Å²) in [7, 11) is -2.29. The lowest BCUT2D eigenvalue weighted by Gasteiger charge is -2.12. The second-order valence-corrected chi connectivity index (χ2v) is 6.11. The summed E-state index contributed by atoms with van der Waals surface area (Å²) < 4.78 is 32.3. The third-order valence-electron chi connectivity index (χ3n) is 3.02. The summed E-state index contributed by atoms with van der Waals surface area (Å²) >= 11 is 0. The summed E-state index contributed by atoms with van der Waals surface area (Å²) in [6.45, 7) is 1.48. The minimum atomic E-state index is -3.75. The highest BCUT2D eigenvalue weighted by Gasteiger charge is 2.17. The zero-order valence-corrected chi connectivity index (χ0v) is 12.5. The molecule has 2 rings (SSSR count). The zero-order chi connectivity index (χ0) is 15.5. The predicted octanol–water partition coefficient (Wildman–Crippen LogP) is 1.69. The Labute approximate surface area is 123 Å². The summed E-state index contributed by atoms with van der Waals surface area (Å²) in [6, 6.07) is 6.03. The van der Waals surface area contributed by atoms with E-state index in [0.29, 0.717) is 17.0 Å². The maximum atomic E-state index is 12.4. The first-order valence-electron chi connectivity index (χ1n) is 6.19. The van der Waals surface area contributed by atoms with E-state index in [0.717, 1.165) is 5.56 Å². The number of aryl methyl sites for hydroxylation is 1. The van der Waals surface area contributed by atoms with Gasteiger partial charge in [0.2, 0.25) is 0 Å². The van der Waals surface area contributed by atoms with Crippen molar-refractivity contribution in [1.82, 2.24) is 4.98 Å². The van der Waals surface area contributed by atoms with Crippen molar-refractivity contribution in [3.05, 3.63) is 47.8 Å². The number of sulfonamides is 1. The smallest absolute Gasteiger partial charge is 0.261 e. The van der Waals surface area contributed by atoms with Crippen LogP contribution in [-0.4, -0.2) is 25.6 Å². The Morgan fingerprint density at radius 2 is 2.10 bits per heavy atom. The highest BCUT2D eigenvalue weighted by molar-refractivity contribution is 7.92. The van der Waals surface area contributed by atoms with Gasteiger partial charge in [0.05, 0.1) is 30.5 Å². The van der Waals surface area contributed by atoms with Gasteiger partial charge in [-0.1, -0.05) is 0 Å². The van der Waals surface area contributed by atoms with E-state index < -0.39 is 10.0 Å². The number of hydrogen-bond acceptors (Lipinski definition) is 5. The molecule has 2 N–H and O–H groups in total. The number of benzene rings is 1. The first-order chi connectivity index (χ1) is 9.97. The van der Waals surface area contributed by atoms with Crippen LogP contribution in [0.2, 0.25) is 0 Å². The molecule has 21 heavy (non-hydrogen) atoms. The SMILES string of the molecule is COc1ccc(S(=O)(=O)Nc2cnccc2C)cc1CO. The molecule has 0 atom stereocenters. The zero-order valence-electron chi connectivity index (χ0n) is 11.7. The van der Waals surface area contributed by atoms with Crippen LogP contribution in [0.1, 0.15) is 11.1 Å². The number of ether oxygens (including phenoxy) is 1. The van der Waals surface area contributed by atoms with Crippen LogP contribution in [0.4, 0.5) is 5.69 Å². The molecule has 112 valence electrons. The number of pyridine rings is 1. The lowest BCUT2D eigenvalue weighted by Crippen LogP contribution is -2.14. The van der Waals surface area contributed by atoms with E-state index in [2.05, 4.69) is 9.71 Å². The van der Waals surface area contributed by atoms with Crippen molar-refractivity contribution in [3.8, 4) is 5.75 Å². The second-order valence-electron chi connectivity index (χ2n) is 4.43. The van der Waals surface area contributed by atoms with Crippen molar-refractivity contribution >= 4 is 15.7 Å². The van der Waals surface area contributed by atoms with Crippen LogP contribution in [0.5, 0.6) is 5.75 Å². The molecule has 0 radical (unpaired) electrons. The predicted molar refractivity (Wildman–Crippen MR) is 78.7 cm³/mol.